The monoisotopic (exact) mass is 352 g/mol. The van der Waals surface area contributed by atoms with Gasteiger partial charge in [-0.2, -0.15) is 0 Å². The van der Waals surface area contributed by atoms with E-state index in [4.69, 9.17) is 15.6 Å². The zero-order chi connectivity index (χ0) is 18.3. The highest BCUT2D eigenvalue weighted by atomic mass is 16.3. The van der Waals surface area contributed by atoms with E-state index in [-0.39, 0.29) is 17.7 Å². The van der Waals surface area contributed by atoms with Gasteiger partial charge in [-0.1, -0.05) is 6.07 Å². The molecular weight excluding hydrogens is 328 g/mol. The van der Waals surface area contributed by atoms with Crippen molar-refractivity contribution in [1.82, 2.24) is 10.2 Å². The van der Waals surface area contributed by atoms with E-state index in [2.05, 4.69) is 17.3 Å². The van der Waals surface area contributed by atoms with Crippen LogP contribution in [0.1, 0.15) is 31.2 Å². The molecule has 26 heavy (non-hydrogen) atoms. The molecule has 2 atom stereocenters. The van der Waals surface area contributed by atoms with Crippen LogP contribution in [-0.2, 0) is 4.79 Å². The molecule has 0 radical (unpaired) electrons. The second-order valence-corrected chi connectivity index (χ2v) is 7.38. The molecule has 0 aliphatic carbocycles. The fourth-order valence-electron chi connectivity index (χ4n) is 4.31. The second-order valence-electron chi connectivity index (χ2n) is 7.38. The van der Waals surface area contributed by atoms with E-state index in [9.17, 15) is 4.79 Å². The van der Waals surface area contributed by atoms with Crippen molar-refractivity contribution in [3.8, 4) is 11.1 Å². The van der Waals surface area contributed by atoms with Crippen molar-refractivity contribution in [3.05, 3.63) is 42.4 Å². The van der Waals surface area contributed by atoms with Crippen LogP contribution < -0.4 is 11.1 Å². The quantitative estimate of drug-likeness (QED) is 0.582. The fraction of sp³-hybridized carbons (Fsp3) is 0.400. The Morgan fingerprint density at radius 2 is 1.96 bits per heavy atom. The van der Waals surface area contributed by atoms with Crippen LogP contribution >= 0.6 is 0 Å². The van der Waals surface area contributed by atoms with Gasteiger partial charge in [-0.3, -0.25) is 10.2 Å². The summed E-state index contributed by atoms with van der Waals surface area (Å²) in [6.07, 6.45) is 7.56. The number of carbonyl (C=O) groups is 1. The molecular formula is C20H24N4O2. The van der Waals surface area contributed by atoms with Crippen molar-refractivity contribution >= 4 is 17.3 Å². The van der Waals surface area contributed by atoms with Gasteiger partial charge in [0, 0.05) is 34.9 Å². The number of furan rings is 1. The van der Waals surface area contributed by atoms with Crippen LogP contribution in [0.3, 0.4) is 0 Å². The first-order chi connectivity index (χ1) is 12.5. The molecule has 4 rings (SSSR count). The predicted molar refractivity (Wildman–Crippen MR) is 101 cm³/mol. The van der Waals surface area contributed by atoms with Gasteiger partial charge in [0.25, 0.3) is 5.91 Å². The van der Waals surface area contributed by atoms with Crippen LogP contribution in [0.5, 0.6) is 0 Å². The van der Waals surface area contributed by atoms with Crippen molar-refractivity contribution in [2.45, 2.75) is 43.8 Å². The molecule has 2 unspecified atom stereocenters. The number of piperidine rings is 1. The van der Waals surface area contributed by atoms with Gasteiger partial charge in [-0.05, 0) is 56.5 Å². The zero-order valence-electron chi connectivity index (χ0n) is 14.9. The van der Waals surface area contributed by atoms with Crippen LogP contribution in [0.2, 0.25) is 0 Å². The summed E-state index contributed by atoms with van der Waals surface area (Å²) in [4.78, 5) is 15.0. The molecule has 2 saturated heterocycles. The predicted octanol–water partition coefficient (Wildman–Crippen LogP) is 2.64. The summed E-state index contributed by atoms with van der Waals surface area (Å²) >= 11 is 0. The topological polar surface area (TPSA) is 95.4 Å². The maximum Gasteiger partial charge on any atom is 0.270 e. The molecule has 6 heteroatoms. The van der Waals surface area contributed by atoms with Gasteiger partial charge in [0.1, 0.15) is 5.71 Å². The Balaban J connectivity index is 1.45. The minimum absolute atomic E-state index is 0.0764. The number of rotatable bonds is 4. The lowest BCUT2D eigenvalue weighted by molar-refractivity contribution is -0.115. The van der Waals surface area contributed by atoms with Gasteiger partial charge in [0.05, 0.1) is 12.5 Å². The normalized spacial score (nSPS) is 25.2. The van der Waals surface area contributed by atoms with Gasteiger partial charge < -0.3 is 20.4 Å². The molecule has 6 nitrogen and oxygen atoms in total. The van der Waals surface area contributed by atoms with Crippen molar-refractivity contribution < 1.29 is 9.21 Å². The maximum absolute atomic E-state index is 12.6. The fourth-order valence-corrected chi connectivity index (χ4v) is 4.31. The third kappa shape index (κ3) is 3.01. The first-order valence-electron chi connectivity index (χ1n) is 9.06. The number of carbonyl (C=O) groups excluding carboxylic acids is 1. The number of hydrogen-bond donors (Lipinski definition) is 3. The molecule has 3 heterocycles. The van der Waals surface area contributed by atoms with E-state index in [0.29, 0.717) is 23.3 Å². The van der Waals surface area contributed by atoms with Crippen molar-refractivity contribution in [2.24, 2.45) is 0 Å². The van der Waals surface area contributed by atoms with E-state index in [1.807, 2.05) is 12.1 Å². The summed E-state index contributed by atoms with van der Waals surface area (Å²) in [5.74, 6) is -0.346. The van der Waals surface area contributed by atoms with Crippen LogP contribution in [0, 0.1) is 5.41 Å². The van der Waals surface area contributed by atoms with Crippen molar-refractivity contribution in [3.63, 3.8) is 0 Å². The van der Waals surface area contributed by atoms with Crippen LogP contribution in [0.4, 0.5) is 5.69 Å². The van der Waals surface area contributed by atoms with E-state index in [0.717, 1.165) is 24.0 Å². The molecule has 2 aliphatic rings. The van der Waals surface area contributed by atoms with E-state index in [1.54, 1.807) is 24.7 Å². The van der Waals surface area contributed by atoms with Gasteiger partial charge in [0.2, 0.25) is 0 Å². The second kappa shape index (κ2) is 6.61. The third-order valence-corrected chi connectivity index (χ3v) is 5.84. The number of nitrogens with zero attached hydrogens (tertiary/aromatic N) is 1. The van der Waals surface area contributed by atoms with Gasteiger partial charge in [-0.25, -0.2) is 0 Å². The molecule has 2 aliphatic heterocycles. The average Bonchev–Trinajstić information content (AvgIpc) is 3.21. The lowest BCUT2D eigenvalue weighted by atomic mass is 9.97. The zero-order valence-corrected chi connectivity index (χ0v) is 14.9. The van der Waals surface area contributed by atoms with Gasteiger partial charge >= 0.3 is 0 Å². The summed E-state index contributed by atoms with van der Waals surface area (Å²) in [6, 6.07) is 8.45. The Kier molecular flexibility index (Phi) is 4.28. The highest BCUT2D eigenvalue weighted by Gasteiger charge is 2.39. The Hall–Kier alpha value is -2.60. The first-order valence-corrected chi connectivity index (χ1v) is 9.06. The van der Waals surface area contributed by atoms with E-state index < -0.39 is 0 Å². The molecule has 2 fully saturated rings. The summed E-state index contributed by atoms with van der Waals surface area (Å²) in [5.41, 5.74) is 8.74. The summed E-state index contributed by atoms with van der Waals surface area (Å²) < 4.78 is 5.09. The van der Waals surface area contributed by atoms with Crippen LogP contribution in [0.25, 0.3) is 11.1 Å². The molecule has 1 aromatic heterocycles. The number of nitrogens with one attached hydrogen (secondary N) is 2. The molecule has 4 N–H and O–H groups in total. The number of nitrogen functional groups attached to an aromatic ring is 1. The Morgan fingerprint density at radius 3 is 2.58 bits per heavy atom. The smallest absolute Gasteiger partial charge is 0.270 e. The van der Waals surface area contributed by atoms with Gasteiger partial charge in [-0.15, -0.1) is 0 Å². The largest absolute Gasteiger partial charge is 0.472 e. The van der Waals surface area contributed by atoms with Gasteiger partial charge in [0.15, 0.2) is 0 Å². The van der Waals surface area contributed by atoms with E-state index in [1.165, 1.54) is 12.8 Å². The standard InChI is InChI=1S/C20H24N4O2/c1-24-15-3-4-16(24)10-14(9-15)23-20(25)19(22)17-5-2-12(8-18(17)21)13-6-7-26-11-13/h2,5-8,11,14-16,22H,3-4,9-10,21H2,1H3,(H,23,25). The number of amides is 1. The Bertz CT molecular complexity index is 816. The molecule has 0 saturated carbocycles. The molecule has 2 aromatic rings. The molecule has 0 spiro atoms. The Labute approximate surface area is 152 Å². The number of fused-ring (bicyclic) bond motifs is 2. The number of nitrogens with two attached hydrogens (primary N) is 1. The number of anilines is 1. The molecule has 2 bridgehead atoms. The maximum atomic E-state index is 12.6. The van der Waals surface area contributed by atoms with Crippen molar-refractivity contribution in [1.29, 1.82) is 5.41 Å². The summed E-state index contributed by atoms with van der Waals surface area (Å²) in [6.45, 7) is 0. The summed E-state index contributed by atoms with van der Waals surface area (Å²) in [7, 11) is 2.17. The first kappa shape index (κ1) is 16.8. The van der Waals surface area contributed by atoms with E-state index >= 15 is 0 Å². The van der Waals surface area contributed by atoms with Crippen LogP contribution in [-0.4, -0.2) is 41.7 Å². The van der Waals surface area contributed by atoms with Crippen molar-refractivity contribution in [2.75, 3.05) is 12.8 Å². The number of hydrogen-bond acceptors (Lipinski definition) is 5. The average molecular weight is 352 g/mol. The lowest BCUT2D eigenvalue weighted by Gasteiger charge is -2.36. The summed E-state index contributed by atoms with van der Waals surface area (Å²) in [5, 5.41) is 11.3. The highest BCUT2D eigenvalue weighted by molar-refractivity contribution is 6.45. The lowest BCUT2D eigenvalue weighted by Crippen LogP contribution is -2.50. The Morgan fingerprint density at radius 1 is 1.23 bits per heavy atom. The molecule has 1 aromatic carbocycles. The minimum Gasteiger partial charge on any atom is -0.472 e. The SMILES string of the molecule is CN1C2CCC1CC(NC(=O)C(=N)c1ccc(-c3ccoc3)cc1N)C2. The molecule has 1 amide bonds. The number of benzene rings is 1. The third-order valence-electron chi connectivity index (χ3n) is 5.84. The van der Waals surface area contributed by atoms with Crippen LogP contribution in [0.15, 0.2) is 41.2 Å². The minimum atomic E-state index is -0.346. The molecule has 136 valence electrons. The highest BCUT2D eigenvalue weighted by Crippen LogP contribution is 2.34.